The summed E-state index contributed by atoms with van der Waals surface area (Å²) in [4.78, 5) is 14.5. The van der Waals surface area contributed by atoms with Crippen LogP contribution in [0.4, 0.5) is 5.69 Å². The standard InChI is InChI=1S/C21H27N3O3/c22-19-6-4-17(5-7-19)15-21(25)23-16-18-2-1-3-20(14-18)27-13-10-24-8-11-26-12-9-24/h1-7,14H,8-13,15-16,22H2,(H,23,25). The number of anilines is 1. The third-order valence-corrected chi connectivity index (χ3v) is 4.51. The van der Waals surface area contributed by atoms with Crippen molar-refractivity contribution in [2.45, 2.75) is 13.0 Å². The van der Waals surface area contributed by atoms with Crippen LogP contribution in [0.5, 0.6) is 5.75 Å². The van der Waals surface area contributed by atoms with Crippen molar-refractivity contribution >= 4 is 11.6 Å². The van der Waals surface area contributed by atoms with Gasteiger partial charge in [0.2, 0.25) is 5.91 Å². The van der Waals surface area contributed by atoms with E-state index in [0.29, 0.717) is 25.3 Å². The highest BCUT2D eigenvalue weighted by Gasteiger charge is 2.10. The van der Waals surface area contributed by atoms with Gasteiger partial charge in [-0.3, -0.25) is 9.69 Å². The van der Waals surface area contributed by atoms with Crippen molar-refractivity contribution in [3.63, 3.8) is 0 Å². The Labute approximate surface area is 160 Å². The quantitative estimate of drug-likeness (QED) is 0.695. The number of morpholine rings is 1. The van der Waals surface area contributed by atoms with Crippen LogP contribution in [0, 0.1) is 0 Å². The summed E-state index contributed by atoms with van der Waals surface area (Å²) < 4.78 is 11.2. The van der Waals surface area contributed by atoms with E-state index in [1.165, 1.54) is 0 Å². The van der Waals surface area contributed by atoms with Gasteiger partial charge in [-0.05, 0) is 35.4 Å². The third kappa shape index (κ3) is 6.58. The number of nitrogen functional groups attached to an aromatic ring is 1. The Balaban J connectivity index is 1.41. The molecule has 2 aromatic rings. The fourth-order valence-electron chi connectivity index (χ4n) is 2.95. The molecule has 0 unspecified atom stereocenters. The van der Waals surface area contributed by atoms with Crippen LogP contribution < -0.4 is 15.8 Å². The number of carbonyl (C=O) groups excluding carboxylic acids is 1. The summed E-state index contributed by atoms with van der Waals surface area (Å²) in [5, 5.41) is 2.95. The fourth-order valence-corrected chi connectivity index (χ4v) is 2.95. The Hall–Kier alpha value is -2.57. The second kappa shape index (κ2) is 9.94. The lowest BCUT2D eigenvalue weighted by molar-refractivity contribution is -0.120. The average Bonchev–Trinajstić information content (AvgIpc) is 2.69. The number of hydrogen-bond donors (Lipinski definition) is 2. The summed E-state index contributed by atoms with van der Waals surface area (Å²) >= 11 is 0. The lowest BCUT2D eigenvalue weighted by atomic mass is 10.1. The maximum absolute atomic E-state index is 12.1. The van der Waals surface area contributed by atoms with Gasteiger partial charge in [-0.25, -0.2) is 0 Å². The highest BCUT2D eigenvalue weighted by molar-refractivity contribution is 5.78. The molecule has 6 nitrogen and oxygen atoms in total. The molecule has 144 valence electrons. The Kier molecular flexibility index (Phi) is 7.07. The molecule has 0 spiro atoms. The van der Waals surface area contributed by atoms with E-state index in [0.717, 1.165) is 49.7 Å². The molecule has 0 bridgehead atoms. The van der Waals surface area contributed by atoms with E-state index in [-0.39, 0.29) is 5.91 Å². The Bertz CT molecular complexity index is 728. The molecule has 1 amide bonds. The summed E-state index contributed by atoms with van der Waals surface area (Å²) in [7, 11) is 0. The zero-order valence-corrected chi connectivity index (χ0v) is 15.5. The van der Waals surface area contributed by atoms with Gasteiger partial charge < -0.3 is 20.5 Å². The summed E-state index contributed by atoms with van der Waals surface area (Å²) in [5.41, 5.74) is 8.33. The van der Waals surface area contributed by atoms with Crippen LogP contribution in [0.3, 0.4) is 0 Å². The Morgan fingerprint density at radius 1 is 1.11 bits per heavy atom. The molecule has 3 N–H and O–H groups in total. The zero-order chi connectivity index (χ0) is 18.9. The van der Waals surface area contributed by atoms with Crippen molar-refractivity contribution < 1.29 is 14.3 Å². The molecule has 0 radical (unpaired) electrons. The molecular weight excluding hydrogens is 342 g/mol. The number of hydrogen-bond acceptors (Lipinski definition) is 5. The number of ether oxygens (including phenoxy) is 2. The number of nitrogens with zero attached hydrogens (tertiary/aromatic N) is 1. The molecule has 3 rings (SSSR count). The molecule has 0 aromatic heterocycles. The first-order valence-electron chi connectivity index (χ1n) is 9.32. The summed E-state index contributed by atoms with van der Waals surface area (Å²) in [6.45, 7) is 5.54. The zero-order valence-electron chi connectivity index (χ0n) is 15.5. The van der Waals surface area contributed by atoms with Crippen LogP contribution in [-0.2, 0) is 22.5 Å². The van der Waals surface area contributed by atoms with Gasteiger partial charge in [0, 0.05) is 31.9 Å². The number of carbonyl (C=O) groups is 1. The van der Waals surface area contributed by atoms with E-state index >= 15 is 0 Å². The number of nitrogens with two attached hydrogens (primary N) is 1. The molecule has 0 aliphatic carbocycles. The molecule has 0 atom stereocenters. The minimum atomic E-state index is -0.0154. The molecule has 1 saturated heterocycles. The van der Waals surface area contributed by atoms with Gasteiger partial charge in [0.05, 0.1) is 19.6 Å². The predicted molar refractivity (Wildman–Crippen MR) is 106 cm³/mol. The largest absolute Gasteiger partial charge is 0.492 e. The average molecular weight is 369 g/mol. The third-order valence-electron chi connectivity index (χ3n) is 4.51. The number of benzene rings is 2. The van der Waals surface area contributed by atoms with Gasteiger partial charge in [-0.2, -0.15) is 0 Å². The van der Waals surface area contributed by atoms with Gasteiger partial charge in [0.25, 0.3) is 0 Å². The van der Waals surface area contributed by atoms with E-state index in [1.807, 2.05) is 36.4 Å². The maximum Gasteiger partial charge on any atom is 0.224 e. The van der Waals surface area contributed by atoms with Crippen LogP contribution in [0.25, 0.3) is 0 Å². The second-order valence-corrected chi connectivity index (χ2v) is 6.64. The van der Waals surface area contributed by atoms with Crippen molar-refractivity contribution in [2.75, 3.05) is 45.2 Å². The molecule has 2 aromatic carbocycles. The van der Waals surface area contributed by atoms with E-state index in [1.54, 1.807) is 12.1 Å². The van der Waals surface area contributed by atoms with E-state index in [2.05, 4.69) is 10.2 Å². The van der Waals surface area contributed by atoms with E-state index in [4.69, 9.17) is 15.2 Å². The fraction of sp³-hybridized carbons (Fsp3) is 0.381. The summed E-state index contributed by atoms with van der Waals surface area (Å²) in [6, 6.07) is 15.2. The smallest absolute Gasteiger partial charge is 0.224 e. The maximum atomic E-state index is 12.1. The van der Waals surface area contributed by atoms with Crippen molar-refractivity contribution in [1.82, 2.24) is 10.2 Å². The van der Waals surface area contributed by atoms with Gasteiger partial charge >= 0.3 is 0 Å². The van der Waals surface area contributed by atoms with Crippen molar-refractivity contribution in [1.29, 1.82) is 0 Å². The lowest BCUT2D eigenvalue weighted by Crippen LogP contribution is -2.38. The molecule has 6 heteroatoms. The van der Waals surface area contributed by atoms with E-state index < -0.39 is 0 Å². The first-order chi connectivity index (χ1) is 13.2. The Morgan fingerprint density at radius 2 is 1.89 bits per heavy atom. The summed E-state index contributed by atoms with van der Waals surface area (Å²) in [6.07, 6.45) is 0.343. The van der Waals surface area contributed by atoms with Crippen molar-refractivity contribution in [3.05, 3.63) is 59.7 Å². The first-order valence-corrected chi connectivity index (χ1v) is 9.32. The highest BCUT2D eigenvalue weighted by Crippen LogP contribution is 2.13. The predicted octanol–water partition coefficient (Wildman–Crippen LogP) is 1.84. The minimum Gasteiger partial charge on any atom is -0.492 e. The topological polar surface area (TPSA) is 76.8 Å². The minimum absolute atomic E-state index is 0.0154. The molecule has 0 saturated carbocycles. The normalized spacial score (nSPS) is 14.7. The highest BCUT2D eigenvalue weighted by atomic mass is 16.5. The SMILES string of the molecule is Nc1ccc(CC(=O)NCc2cccc(OCCN3CCOCC3)c2)cc1. The number of nitrogens with one attached hydrogen (secondary N) is 1. The van der Waals surface area contributed by atoms with Crippen molar-refractivity contribution in [3.8, 4) is 5.75 Å². The monoisotopic (exact) mass is 369 g/mol. The molecule has 1 fully saturated rings. The molecule has 1 aliphatic heterocycles. The molecular formula is C21H27N3O3. The van der Waals surface area contributed by atoms with Gasteiger partial charge in [0.15, 0.2) is 0 Å². The van der Waals surface area contributed by atoms with E-state index in [9.17, 15) is 4.79 Å². The number of amides is 1. The van der Waals surface area contributed by atoms with Crippen LogP contribution in [0.1, 0.15) is 11.1 Å². The van der Waals surface area contributed by atoms with Gasteiger partial charge in [0.1, 0.15) is 12.4 Å². The molecule has 1 heterocycles. The molecule has 1 aliphatic rings. The Morgan fingerprint density at radius 3 is 2.67 bits per heavy atom. The van der Waals surface area contributed by atoms with Crippen LogP contribution in [0.15, 0.2) is 48.5 Å². The first kappa shape index (κ1) is 19.2. The number of rotatable bonds is 8. The van der Waals surface area contributed by atoms with Crippen molar-refractivity contribution in [2.24, 2.45) is 0 Å². The summed E-state index contributed by atoms with van der Waals surface area (Å²) in [5.74, 6) is 0.812. The van der Waals surface area contributed by atoms with Gasteiger partial charge in [-0.15, -0.1) is 0 Å². The van der Waals surface area contributed by atoms with Gasteiger partial charge in [-0.1, -0.05) is 24.3 Å². The second-order valence-electron chi connectivity index (χ2n) is 6.64. The lowest BCUT2D eigenvalue weighted by Gasteiger charge is -2.26. The van der Waals surface area contributed by atoms with Crippen LogP contribution in [-0.4, -0.2) is 50.3 Å². The van der Waals surface area contributed by atoms with Crippen LogP contribution in [0.2, 0.25) is 0 Å². The molecule has 27 heavy (non-hydrogen) atoms. The van der Waals surface area contributed by atoms with Crippen LogP contribution >= 0.6 is 0 Å².